The van der Waals surface area contributed by atoms with Gasteiger partial charge in [0.25, 0.3) is 11.6 Å². The van der Waals surface area contributed by atoms with Crippen molar-refractivity contribution in [3.63, 3.8) is 0 Å². The van der Waals surface area contributed by atoms with Gasteiger partial charge in [-0.05, 0) is 13.0 Å². The summed E-state index contributed by atoms with van der Waals surface area (Å²) < 4.78 is 4.83. The number of ether oxygens (including phenoxy) is 1. The number of nitrogens with one attached hydrogen (secondary N) is 1. The Morgan fingerprint density at radius 2 is 2.17 bits per heavy atom. The lowest BCUT2D eigenvalue weighted by Crippen LogP contribution is -2.36. The third-order valence-corrected chi connectivity index (χ3v) is 3.71. The topological polar surface area (TPSA) is 131 Å². The second-order valence-corrected chi connectivity index (χ2v) is 5.09. The lowest BCUT2D eigenvalue weighted by Gasteiger charge is -2.15. The minimum atomic E-state index is -1.10. The van der Waals surface area contributed by atoms with E-state index in [0.717, 1.165) is 11.0 Å². The van der Waals surface area contributed by atoms with Gasteiger partial charge >= 0.3 is 5.97 Å². The number of fused-ring (bicyclic) bond motifs is 1. The van der Waals surface area contributed by atoms with E-state index in [2.05, 4.69) is 10.5 Å². The number of rotatable bonds is 4. The Morgan fingerprint density at radius 3 is 2.83 bits per heavy atom. The Balaban J connectivity index is 1.94. The molecule has 24 heavy (non-hydrogen) atoms. The van der Waals surface area contributed by atoms with Gasteiger partial charge < -0.3 is 4.74 Å². The monoisotopic (exact) mass is 332 g/mol. The molecule has 2 heterocycles. The zero-order chi connectivity index (χ0) is 17.4. The van der Waals surface area contributed by atoms with E-state index in [-0.39, 0.29) is 23.7 Å². The minimum absolute atomic E-state index is 0.0682. The highest BCUT2D eigenvalue weighted by atomic mass is 16.6. The van der Waals surface area contributed by atoms with Crippen LogP contribution in [0.25, 0.3) is 0 Å². The first-order valence-electron chi connectivity index (χ1n) is 7.08. The van der Waals surface area contributed by atoms with Crippen molar-refractivity contribution >= 4 is 34.9 Å². The van der Waals surface area contributed by atoms with Crippen LogP contribution in [0.15, 0.2) is 29.4 Å². The lowest BCUT2D eigenvalue weighted by molar-refractivity contribution is -0.384. The lowest BCUT2D eigenvalue weighted by atomic mass is 9.99. The first-order valence-corrected chi connectivity index (χ1v) is 7.08. The van der Waals surface area contributed by atoms with Gasteiger partial charge in [-0.3, -0.25) is 25.1 Å². The molecule has 1 saturated heterocycles. The van der Waals surface area contributed by atoms with Gasteiger partial charge in [-0.25, -0.2) is 9.69 Å². The van der Waals surface area contributed by atoms with E-state index >= 15 is 0 Å². The van der Waals surface area contributed by atoms with E-state index in [9.17, 15) is 24.5 Å². The number of benzene rings is 1. The Kier molecular flexibility index (Phi) is 3.72. The fourth-order valence-corrected chi connectivity index (χ4v) is 2.66. The number of amides is 2. The van der Waals surface area contributed by atoms with Crippen molar-refractivity contribution in [2.75, 3.05) is 11.5 Å². The third-order valence-electron chi connectivity index (χ3n) is 3.71. The quantitative estimate of drug-likeness (QED) is 0.354. The number of hydrazone groups is 1. The molecule has 124 valence electrons. The van der Waals surface area contributed by atoms with E-state index in [1.54, 1.807) is 6.92 Å². The maximum absolute atomic E-state index is 12.6. The van der Waals surface area contributed by atoms with Crippen molar-refractivity contribution in [2.24, 2.45) is 11.0 Å². The Morgan fingerprint density at radius 1 is 1.42 bits per heavy atom. The van der Waals surface area contributed by atoms with Crippen LogP contribution >= 0.6 is 0 Å². The number of nitro benzene ring substituents is 1. The number of hydrogen-bond donors (Lipinski definition) is 1. The number of non-ortho nitro benzene ring substituents is 1. The summed E-state index contributed by atoms with van der Waals surface area (Å²) in [6.07, 6.45) is 0. The van der Waals surface area contributed by atoms with E-state index in [4.69, 9.17) is 4.74 Å². The molecular weight excluding hydrogens is 320 g/mol. The van der Waals surface area contributed by atoms with Gasteiger partial charge in [-0.2, -0.15) is 5.10 Å². The van der Waals surface area contributed by atoms with Gasteiger partial charge in [-0.1, -0.05) is 6.07 Å². The summed E-state index contributed by atoms with van der Waals surface area (Å²) in [6.45, 7) is 1.71. The highest BCUT2D eigenvalue weighted by Crippen LogP contribution is 2.32. The number of esters is 1. The fraction of sp³-hybridized carbons (Fsp3) is 0.286. The molecule has 2 aliphatic rings. The molecule has 0 aromatic heterocycles. The van der Waals surface area contributed by atoms with E-state index in [1.165, 1.54) is 18.2 Å². The number of hydrogen-bond acceptors (Lipinski definition) is 8. The maximum Gasteiger partial charge on any atom is 0.355 e. The van der Waals surface area contributed by atoms with Crippen LogP contribution in [0.1, 0.15) is 6.92 Å². The third kappa shape index (κ3) is 2.28. The normalized spacial score (nSPS) is 22.0. The number of carbonyl (C=O) groups is 3. The summed E-state index contributed by atoms with van der Waals surface area (Å²) in [7, 11) is 0. The summed E-state index contributed by atoms with van der Waals surface area (Å²) in [5, 5.41) is 14.6. The van der Waals surface area contributed by atoms with E-state index in [0.29, 0.717) is 0 Å². The summed E-state index contributed by atoms with van der Waals surface area (Å²) in [6, 6.07) is 4.13. The number of nitro groups is 1. The molecule has 0 radical (unpaired) electrons. The fourth-order valence-electron chi connectivity index (χ4n) is 2.66. The minimum Gasteiger partial charge on any atom is -0.461 e. The van der Waals surface area contributed by atoms with Crippen LogP contribution in [0.5, 0.6) is 0 Å². The van der Waals surface area contributed by atoms with Crippen molar-refractivity contribution in [3.05, 3.63) is 34.4 Å². The van der Waals surface area contributed by atoms with E-state index in [1.807, 2.05) is 0 Å². The van der Waals surface area contributed by atoms with Gasteiger partial charge in [0.1, 0.15) is 12.0 Å². The van der Waals surface area contributed by atoms with Crippen LogP contribution in [-0.2, 0) is 19.1 Å². The van der Waals surface area contributed by atoms with Gasteiger partial charge in [0.2, 0.25) is 5.91 Å². The van der Waals surface area contributed by atoms with Crippen molar-refractivity contribution in [3.8, 4) is 0 Å². The molecule has 2 amide bonds. The molecule has 2 unspecified atom stereocenters. The van der Waals surface area contributed by atoms with Crippen LogP contribution in [-0.4, -0.2) is 41.1 Å². The summed E-state index contributed by atoms with van der Waals surface area (Å²) in [5.41, 5.74) is 2.11. The molecule has 1 fully saturated rings. The first kappa shape index (κ1) is 15.6. The summed E-state index contributed by atoms with van der Waals surface area (Å²) in [5.74, 6) is -3.19. The van der Waals surface area contributed by atoms with Gasteiger partial charge in [0.05, 0.1) is 17.2 Å². The van der Waals surface area contributed by atoms with Crippen molar-refractivity contribution < 1.29 is 24.0 Å². The van der Waals surface area contributed by atoms with Gasteiger partial charge in [0.15, 0.2) is 5.71 Å². The van der Waals surface area contributed by atoms with Crippen molar-refractivity contribution in [1.82, 2.24) is 5.43 Å². The number of anilines is 1. The summed E-state index contributed by atoms with van der Waals surface area (Å²) in [4.78, 5) is 48.0. The SMILES string of the molecule is CCOC(=O)C1=NNC2C(=O)N(c3cccc([N+](=O)[O-])c3)C(=O)C12. The molecule has 10 heteroatoms. The zero-order valence-corrected chi connectivity index (χ0v) is 12.5. The number of nitrogens with zero attached hydrogens (tertiary/aromatic N) is 3. The number of imide groups is 1. The molecule has 1 N–H and O–H groups in total. The maximum atomic E-state index is 12.6. The largest absolute Gasteiger partial charge is 0.461 e. The first-order chi connectivity index (χ1) is 11.5. The highest BCUT2D eigenvalue weighted by Gasteiger charge is 2.55. The molecule has 1 aromatic carbocycles. The smallest absolute Gasteiger partial charge is 0.355 e. The second kappa shape index (κ2) is 5.72. The standard InChI is InChI=1S/C14H12N4O6/c1-2-24-14(21)11-9-10(15-16-11)13(20)17(12(9)19)7-4-3-5-8(6-7)18(22)23/h3-6,9-10,15H,2H2,1H3. The van der Waals surface area contributed by atoms with Crippen LogP contribution in [0, 0.1) is 16.0 Å². The van der Waals surface area contributed by atoms with Gasteiger partial charge in [-0.15, -0.1) is 0 Å². The average Bonchev–Trinajstić information content (AvgIpc) is 3.09. The predicted octanol–water partition coefficient (Wildman–Crippen LogP) is -0.0249. The molecule has 2 aliphatic heterocycles. The molecular formula is C14H12N4O6. The molecule has 1 aromatic rings. The van der Waals surface area contributed by atoms with Crippen LogP contribution in [0.3, 0.4) is 0 Å². The molecule has 0 aliphatic carbocycles. The Labute approximate surface area is 135 Å². The molecule has 0 spiro atoms. The molecule has 3 rings (SSSR count). The van der Waals surface area contributed by atoms with Crippen molar-refractivity contribution in [2.45, 2.75) is 13.0 Å². The van der Waals surface area contributed by atoms with Crippen LogP contribution in [0.4, 0.5) is 11.4 Å². The molecule has 10 nitrogen and oxygen atoms in total. The average molecular weight is 332 g/mol. The number of carbonyl (C=O) groups excluding carboxylic acids is 3. The highest BCUT2D eigenvalue weighted by molar-refractivity contribution is 6.46. The molecule has 0 bridgehead atoms. The van der Waals surface area contributed by atoms with E-state index < -0.39 is 34.7 Å². The summed E-state index contributed by atoms with van der Waals surface area (Å²) >= 11 is 0. The van der Waals surface area contributed by atoms with Gasteiger partial charge in [0, 0.05) is 12.1 Å². The van der Waals surface area contributed by atoms with Crippen LogP contribution < -0.4 is 10.3 Å². The second-order valence-electron chi connectivity index (χ2n) is 5.09. The van der Waals surface area contributed by atoms with Crippen molar-refractivity contribution in [1.29, 1.82) is 0 Å². The Bertz CT molecular complexity index is 789. The zero-order valence-electron chi connectivity index (χ0n) is 12.5. The Hall–Kier alpha value is -3.30. The molecule has 2 atom stereocenters. The predicted molar refractivity (Wildman–Crippen MR) is 80.1 cm³/mol. The molecule has 0 saturated carbocycles. The van der Waals surface area contributed by atoms with Crippen LogP contribution in [0.2, 0.25) is 0 Å².